The molecule has 0 radical (unpaired) electrons. The van der Waals surface area contributed by atoms with Crippen LogP contribution in [0.5, 0.6) is 0 Å². The van der Waals surface area contributed by atoms with Gasteiger partial charge in [-0.25, -0.2) is 8.42 Å². The first-order valence-corrected chi connectivity index (χ1v) is 9.55. The quantitative estimate of drug-likeness (QED) is 0.669. The molecule has 0 aromatic heterocycles. The zero-order valence-electron chi connectivity index (χ0n) is 10.8. The van der Waals surface area contributed by atoms with Crippen LogP contribution < -0.4 is 0 Å². The molecule has 0 bridgehead atoms. The Labute approximate surface area is 140 Å². The summed E-state index contributed by atoms with van der Waals surface area (Å²) in [7, 11) is -3.56. The summed E-state index contributed by atoms with van der Waals surface area (Å²) >= 11 is 12.5. The highest BCUT2D eigenvalue weighted by Gasteiger charge is 2.32. The summed E-state index contributed by atoms with van der Waals surface area (Å²) in [5.74, 6) is 0.283. The molecule has 0 saturated carbocycles. The Bertz CT molecular complexity index is 609. The van der Waals surface area contributed by atoms with E-state index in [4.69, 9.17) is 16.3 Å². The molecule has 8 heteroatoms. The van der Waals surface area contributed by atoms with Gasteiger partial charge in [-0.15, -0.1) is 11.6 Å². The Morgan fingerprint density at radius 3 is 2.75 bits per heavy atom. The van der Waals surface area contributed by atoms with Crippen molar-refractivity contribution in [1.29, 1.82) is 0 Å². The monoisotopic (exact) mass is 445 g/mol. The molecule has 1 atom stereocenters. The van der Waals surface area contributed by atoms with Gasteiger partial charge in [-0.05, 0) is 40.5 Å². The van der Waals surface area contributed by atoms with E-state index in [2.05, 4.69) is 31.9 Å². The third-order valence-electron chi connectivity index (χ3n) is 3.10. The van der Waals surface area contributed by atoms with Gasteiger partial charge in [0.15, 0.2) is 0 Å². The van der Waals surface area contributed by atoms with Crippen LogP contribution in [0.3, 0.4) is 0 Å². The minimum atomic E-state index is -3.56. The Kier molecular flexibility index (Phi) is 5.53. The van der Waals surface area contributed by atoms with Crippen LogP contribution in [0.25, 0.3) is 0 Å². The third-order valence-corrected chi connectivity index (χ3v) is 7.13. The smallest absolute Gasteiger partial charge is 0.244 e. The zero-order valence-corrected chi connectivity index (χ0v) is 15.5. The van der Waals surface area contributed by atoms with Crippen molar-refractivity contribution in [2.75, 3.05) is 25.6 Å². The maximum atomic E-state index is 12.7. The zero-order chi connectivity index (χ0) is 14.9. The SMILES string of the molecule is Cc1cc(Br)c(S(=O)(=O)N2CCOC(CCl)C2)cc1Br. The number of sulfonamides is 1. The van der Waals surface area contributed by atoms with E-state index in [1.807, 2.05) is 6.92 Å². The average molecular weight is 448 g/mol. The van der Waals surface area contributed by atoms with Gasteiger partial charge in [-0.3, -0.25) is 0 Å². The second-order valence-corrected chi connectivity index (χ2v) is 8.47. The van der Waals surface area contributed by atoms with Crippen molar-refractivity contribution in [3.05, 3.63) is 26.6 Å². The summed E-state index contributed by atoms with van der Waals surface area (Å²) < 4.78 is 33.6. The minimum absolute atomic E-state index is 0.255. The van der Waals surface area contributed by atoms with Crippen LogP contribution in [0.4, 0.5) is 0 Å². The van der Waals surface area contributed by atoms with Crippen molar-refractivity contribution in [2.45, 2.75) is 17.9 Å². The van der Waals surface area contributed by atoms with Gasteiger partial charge >= 0.3 is 0 Å². The van der Waals surface area contributed by atoms with Crippen molar-refractivity contribution in [3.8, 4) is 0 Å². The topological polar surface area (TPSA) is 46.6 Å². The first-order chi connectivity index (χ1) is 9.36. The second-order valence-electron chi connectivity index (χ2n) is 4.54. The van der Waals surface area contributed by atoms with Gasteiger partial charge in [-0.2, -0.15) is 4.31 Å². The number of nitrogens with zero attached hydrogens (tertiary/aromatic N) is 1. The maximum Gasteiger partial charge on any atom is 0.244 e. The number of hydrogen-bond donors (Lipinski definition) is 0. The molecule has 2 rings (SSSR count). The lowest BCUT2D eigenvalue weighted by atomic mass is 10.2. The highest BCUT2D eigenvalue weighted by molar-refractivity contribution is 9.11. The number of aryl methyl sites for hydroxylation is 1. The number of rotatable bonds is 3. The molecule has 1 aromatic carbocycles. The summed E-state index contributed by atoms with van der Waals surface area (Å²) in [6.45, 7) is 2.89. The standard InChI is InChI=1S/C12H14Br2ClNO3S/c1-8-4-11(14)12(5-10(8)13)20(17,18)16-2-3-19-9(6-15)7-16/h4-5,9H,2-3,6-7H2,1H3. The number of halogens is 3. The lowest BCUT2D eigenvalue weighted by Gasteiger charge is -2.31. The van der Waals surface area contributed by atoms with Gasteiger partial charge in [0.1, 0.15) is 0 Å². The molecule has 20 heavy (non-hydrogen) atoms. The molecule has 0 aliphatic carbocycles. The van der Waals surface area contributed by atoms with E-state index >= 15 is 0 Å². The van der Waals surface area contributed by atoms with Crippen LogP contribution in [0.15, 0.2) is 26.0 Å². The van der Waals surface area contributed by atoms with Gasteiger partial charge in [0.25, 0.3) is 0 Å². The molecule has 1 aliphatic heterocycles. The van der Waals surface area contributed by atoms with Gasteiger partial charge in [0, 0.05) is 27.9 Å². The third kappa shape index (κ3) is 3.39. The van der Waals surface area contributed by atoms with E-state index < -0.39 is 10.0 Å². The minimum Gasteiger partial charge on any atom is -0.374 e. The summed E-state index contributed by atoms with van der Waals surface area (Å²) in [5, 5.41) is 0. The highest BCUT2D eigenvalue weighted by atomic mass is 79.9. The maximum absolute atomic E-state index is 12.7. The molecule has 0 amide bonds. The lowest BCUT2D eigenvalue weighted by molar-refractivity contribution is 0.0122. The van der Waals surface area contributed by atoms with Crippen molar-refractivity contribution >= 4 is 53.5 Å². The molecule has 1 heterocycles. The molecular weight excluding hydrogens is 433 g/mol. The number of ether oxygens (including phenoxy) is 1. The van der Waals surface area contributed by atoms with Crippen LogP contribution in [0, 0.1) is 6.92 Å². The first-order valence-electron chi connectivity index (χ1n) is 5.99. The van der Waals surface area contributed by atoms with Crippen LogP contribution in [0.1, 0.15) is 5.56 Å². The fourth-order valence-electron chi connectivity index (χ4n) is 1.97. The predicted octanol–water partition coefficient (Wildman–Crippen LogP) is 3.15. The molecule has 1 aromatic rings. The summed E-state index contributed by atoms with van der Waals surface area (Å²) in [6, 6.07) is 3.41. The van der Waals surface area contributed by atoms with Gasteiger partial charge in [-0.1, -0.05) is 15.9 Å². The van der Waals surface area contributed by atoms with Crippen LogP contribution in [-0.2, 0) is 14.8 Å². The van der Waals surface area contributed by atoms with E-state index in [1.165, 1.54) is 4.31 Å². The van der Waals surface area contributed by atoms with E-state index in [0.717, 1.165) is 10.0 Å². The van der Waals surface area contributed by atoms with E-state index in [0.29, 0.717) is 17.6 Å². The number of morpholine rings is 1. The molecule has 0 spiro atoms. The van der Waals surface area contributed by atoms with Gasteiger partial charge in [0.2, 0.25) is 10.0 Å². The highest BCUT2D eigenvalue weighted by Crippen LogP contribution is 2.31. The van der Waals surface area contributed by atoms with Gasteiger partial charge < -0.3 is 4.74 Å². The molecule has 1 saturated heterocycles. The van der Waals surface area contributed by atoms with Crippen LogP contribution >= 0.6 is 43.5 Å². The molecule has 1 fully saturated rings. The van der Waals surface area contributed by atoms with Crippen molar-refractivity contribution in [1.82, 2.24) is 4.31 Å². The molecular formula is C12H14Br2ClNO3S. The lowest BCUT2D eigenvalue weighted by Crippen LogP contribution is -2.46. The number of hydrogen-bond acceptors (Lipinski definition) is 3. The van der Waals surface area contributed by atoms with Crippen LogP contribution in [0.2, 0.25) is 0 Å². The molecule has 4 nitrogen and oxygen atoms in total. The van der Waals surface area contributed by atoms with Gasteiger partial charge in [0.05, 0.1) is 17.6 Å². The molecule has 112 valence electrons. The molecule has 1 aliphatic rings. The Balaban J connectivity index is 2.37. The molecule has 0 N–H and O–H groups in total. The largest absolute Gasteiger partial charge is 0.374 e. The predicted molar refractivity (Wildman–Crippen MR) is 85.8 cm³/mol. The normalized spacial score (nSPS) is 21.1. The van der Waals surface area contributed by atoms with E-state index in [1.54, 1.807) is 12.1 Å². The summed E-state index contributed by atoms with van der Waals surface area (Å²) in [6.07, 6.45) is -0.257. The summed E-state index contributed by atoms with van der Waals surface area (Å²) in [4.78, 5) is 0.255. The number of alkyl halides is 1. The van der Waals surface area contributed by atoms with Crippen LogP contribution in [-0.4, -0.2) is 44.4 Å². The Hall–Kier alpha value is 0.340. The van der Waals surface area contributed by atoms with E-state index in [9.17, 15) is 8.42 Å². The Morgan fingerprint density at radius 2 is 2.10 bits per heavy atom. The van der Waals surface area contributed by atoms with Crippen molar-refractivity contribution in [3.63, 3.8) is 0 Å². The van der Waals surface area contributed by atoms with E-state index in [-0.39, 0.29) is 23.4 Å². The van der Waals surface area contributed by atoms with Crippen molar-refractivity contribution < 1.29 is 13.2 Å². The number of benzene rings is 1. The average Bonchev–Trinajstić information content (AvgIpc) is 2.42. The molecule has 1 unspecified atom stereocenters. The summed E-state index contributed by atoms with van der Waals surface area (Å²) in [5.41, 5.74) is 0.969. The fraction of sp³-hybridized carbons (Fsp3) is 0.500. The first kappa shape index (κ1) is 16.7. The second kappa shape index (κ2) is 6.62. The Morgan fingerprint density at radius 1 is 1.40 bits per heavy atom. The van der Waals surface area contributed by atoms with Crippen molar-refractivity contribution in [2.24, 2.45) is 0 Å². The fourth-order valence-corrected chi connectivity index (χ4v) is 5.25.